The SMILES string of the molecule is O=C1COc2ccc(CNC(=O)c3cc(C(=O)NCC45C6C7C4C4C5C6C74C4=NCC(=O)N4)n4nccc4n3)cc2C1. The largest absolute Gasteiger partial charge is 0.486 e. The molecule has 0 radical (unpaired) electrons. The predicted molar refractivity (Wildman–Crippen MR) is 143 cm³/mol. The van der Waals surface area contributed by atoms with Gasteiger partial charge in [0.05, 0.1) is 6.20 Å². The van der Waals surface area contributed by atoms with E-state index in [4.69, 9.17) is 4.74 Å². The number of rotatable bonds is 7. The van der Waals surface area contributed by atoms with Gasteiger partial charge < -0.3 is 20.7 Å². The van der Waals surface area contributed by atoms with Crippen molar-refractivity contribution in [1.29, 1.82) is 0 Å². The van der Waals surface area contributed by atoms with Crippen molar-refractivity contribution in [3.8, 4) is 5.75 Å². The molecule has 0 bridgehead atoms. The second-order valence-electron chi connectivity index (χ2n) is 12.9. The molecular formula is C30H25N7O5. The van der Waals surface area contributed by atoms with Crippen LogP contribution in [0.25, 0.3) is 5.65 Å². The number of carbonyl (C=O) groups is 4. The first kappa shape index (κ1) is 23.0. The van der Waals surface area contributed by atoms with Gasteiger partial charge in [0.2, 0.25) is 5.91 Å². The van der Waals surface area contributed by atoms with E-state index in [9.17, 15) is 19.2 Å². The lowest BCUT2D eigenvalue weighted by molar-refractivity contribution is -0.635. The summed E-state index contributed by atoms with van der Waals surface area (Å²) in [4.78, 5) is 59.0. The van der Waals surface area contributed by atoms with Crippen LogP contribution in [0.1, 0.15) is 32.1 Å². The van der Waals surface area contributed by atoms with Gasteiger partial charge in [0, 0.05) is 42.6 Å². The van der Waals surface area contributed by atoms with Gasteiger partial charge in [0.25, 0.3) is 11.8 Å². The Morgan fingerprint density at radius 2 is 1.83 bits per heavy atom. The number of benzene rings is 1. The molecule has 0 unspecified atom stereocenters. The molecular weight excluding hydrogens is 538 g/mol. The maximum atomic E-state index is 13.5. The molecule has 0 atom stereocenters. The van der Waals surface area contributed by atoms with Crippen LogP contribution in [0.5, 0.6) is 5.75 Å². The monoisotopic (exact) mass is 563 g/mol. The lowest BCUT2D eigenvalue weighted by atomic mass is 8.92. The molecule has 1 aromatic carbocycles. The first-order valence-electron chi connectivity index (χ1n) is 14.4. The molecule has 6 saturated carbocycles. The minimum absolute atomic E-state index is 0.00220. The van der Waals surface area contributed by atoms with Gasteiger partial charge in [-0.3, -0.25) is 24.2 Å². The third-order valence-electron chi connectivity index (χ3n) is 11.6. The highest BCUT2D eigenvalue weighted by Gasteiger charge is 3.10. The zero-order valence-corrected chi connectivity index (χ0v) is 22.3. The van der Waals surface area contributed by atoms with Gasteiger partial charge in [-0.15, -0.1) is 0 Å². The van der Waals surface area contributed by atoms with Crippen molar-refractivity contribution >= 4 is 35.0 Å². The summed E-state index contributed by atoms with van der Waals surface area (Å²) in [6, 6.07) is 8.67. The Morgan fingerprint density at radius 1 is 1.02 bits per heavy atom. The highest BCUT2D eigenvalue weighted by Crippen LogP contribution is 3.10. The van der Waals surface area contributed by atoms with Crippen molar-refractivity contribution in [3.63, 3.8) is 0 Å². The van der Waals surface area contributed by atoms with Crippen molar-refractivity contribution < 1.29 is 23.9 Å². The molecule has 6 aliphatic carbocycles. The standard InChI is InChI=1S/C30H25N7O5/c38-14-6-13-5-12(1-2-17(13)42-10-14)8-31-26(40)15-7-16(37-18(35-15)3-4-34-37)27(41)33-11-29-20-23-21(29)25-22(29)24(20)30(23,25)28-32-9-19(39)36-28/h1-5,7,20-25H,6,8-11H2,(H,31,40)(H,33,41)(H,32,36,39). The van der Waals surface area contributed by atoms with Crippen LogP contribution in [0.3, 0.4) is 0 Å². The van der Waals surface area contributed by atoms with Gasteiger partial charge in [0.1, 0.15) is 36.1 Å². The van der Waals surface area contributed by atoms with E-state index in [2.05, 4.69) is 31.0 Å². The van der Waals surface area contributed by atoms with Crippen LogP contribution in [0.2, 0.25) is 0 Å². The van der Waals surface area contributed by atoms with Crippen LogP contribution in [0.15, 0.2) is 41.5 Å². The lowest BCUT2D eigenvalue weighted by Crippen LogP contribution is -3.12. The quantitative estimate of drug-likeness (QED) is 0.370. The fourth-order valence-electron chi connectivity index (χ4n) is 10.4. The summed E-state index contributed by atoms with van der Waals surface area (Å²) >= 11 is 0. The van der Waals surface area contributed by atoms with Crippen LogP contribution < -0.4 is 20.7 Å². The average molecular weight is 564 g/mol. The Hall–Kier alpha value is -4.61. The molecule has 4 heterocycles. The number of Topliss-reactive ketones (excluding diaryl/α,β-unsaturated/α-hetero) is 1. The molecule has 210 valence electrons. The molecule has 0 spiro atoms. The summed E-state index contributed by atoms with van der Waals surface area (Å²) in [7, 11) is 0. The first-order valence-corrected chi connectivity index (χ1v) is 14.4. The number of aliphatic imine (C=N–C) groups is 1. The van der Waals surface area contributed by atoms with Gasteiger partial charge in [-0.1, -0.05) is 6.07 Å². The van der Waals surface area contributed by atoms with Crippen molar-refractivity contribution in [2.45, 2.75) is 13.0 Å². The topological polar surface area (TPSA) is 156 Å². The molecule has 42 heavy (non-hydrogen) atoms. The number of nitrogens with zero attached hydrogens (tertiary/aromatic N) is 4. The molecule has 3 aromatic rings. The molecule has 3 amide bonds. The number of amides is 3. The van der Waals surface area contributed by atoms with Crippen molar-refractivity contribution in [2.75, 3.05) is 19.7 Å². The maximum absolute atomic E-state index is 13.5. The molecule has 11 rings (SSSR count). The van der Waals surface area contributed by atoms with Gasteiger partial charge in [-0.2, -0.15) is 5.10 Å². The van der Waals surface area contributed by atoms with E-state index in [1.54, 1.807) is 12.3 Å². The molecule has 8 aliphatic rings. The summed E-state index contributed by atoms with van der Waals surface area (Å²) in [6.45, 7) is 1.19. The van der Waals surface area contributed by atoms with Crippen LogP contribution in [-0.2, 0) is 22.6 Å². The molecule has 6 fully saturated rings. The molecule has 2 aliphatic heterocycles. The highest BCUT2D eigenvalue weighted by atomic mass is 16.5. The normalized spacial score (nSPS) is 36.5. The van der Waals surface area contributed by atoms with E-state index in [0.717, 1.165) is 17.0 Å². The lowest BCUT2D eigenvalue weighted by Gasteiger charge is -3.11. The number of hydrogen-bond acceptors (Lipinski definition) is 8. The van der Waals surface area contributed by atoms with Gasteiger partial charge in [0.15, 0.2) is 11.4 Å². The second kappa shape index (κ2) is 7.23. The van der Waals surface area contributed by atoms with Gasteiger partial charge in [-0.25, -0.2) is 9.50 Å². The molecule has 3 N–H and O–H groups in total. The number of ketones is 1. The summed E-state index contributed by atoms with van der Waals surface area (Å²) < 4.78 is 6.91. The molecule has 2 aromatic heterocycles. The van der Waals surface area contributed by atoms with E-state index in [-0.39, 0.29) is 59.5 Å². The van der Waals surface area contributed by atoms with Crippen molar-refractivity contribution in [2.24, 2.45) is 51.3 Å². The highest BCUT2D eigenvalue weighted by molar-refractivity contribution is 6.10. The molecule has 12 heteroatoms. The summed E-state index contributed by atoms with van der Waals surface area (Å²) in [6.07, 6.45) is 1.87. The molecule has 0 saturated heterocycles. The Bertz CT molecular complexity index is 1820. The van der Waals surface area contributed by atoms with Crippen LogP contribution >= 0.6 is 0 Å². The number of amidine groups is 1. The number of carbonyl (C=O) groups excluding carboxylic acids is 4. The third-order valence-corrected chi connectivity index (χ3v) is 11.6. The number of nitrogens with one attached hydrogen (secondary N) is 3. The minimum atomic E-state index is -0.411. The predicted octanol–water partition coefficient (Wildman–Crippen LogP) is 0.159. The van der Waals surface area contributed by atoms with E-state index in [0.29, 0.717) is 59.9 Å². The van der Waals surface area contributed by atoms with E-state index < -0.39 is 5.91 Å². The van der Waals surface area contributed by atoms with E-state index >= 15 is 0 Å². The fraction of sp³-hybridized carbons (Fsp3) is 0.433. The zero-order valence-electron chi connectivity index (χ0n) is 22.3. The number of fused-ring (bicyclic) bond motifs is 2. The maximum Gasteiger partial charge on any atom is 0.270 e. The Labute approximate surface area is 238 Å². The van der Waals surface area contributed by atoms with Crippen LogP contribution in [0.4, 0.5) is 0 Å². The fourth-order valence-corrected chi connectivity index (χ4v) is 10.4. The smallest absolute Gasteiger partial charge is 0.270 e. The number of aromatic nitrogens is 3. The Balaban J connectivity index is 0.835. The van der Waals surface area contributed by atoms with E-state index in [1.807, 2.05) is 18.2 Å². The van der Waals surface area contributed by atoms with Crippen LogP contribution in [-0.4, -0.2) is 63.6 Å². The summed E-state index contributed by atoms with van der Waals surface area (Å²) in [5, 5.41) is 13.3. The number of hydrogen-bond donors (Lipinski definition) is 3. The Kier molecular flexibility index (Phi) is 3.96. The third kappa shape index (κ3) is 2.35. The van der Waals surface area contributed by atoms with Crippen molar-refractivity contribution in [3.05, 3.63) is 59.0 Å². The summed E-state index contributed by atoms with van der Waals surface area (Å²) in [5.41, 5.74) is 2.76. The Morgan fingerprint density at radius 3 is 2.60 bits per heavy atom. The van der Waals surface area contributed by atoms with E-state index in [1.165, 1.54) is 10.6 Å². The minimum Gasteiger partial charge on any atom is -0.486 e. The van der Waals surface area contributed by atoms with Crippen LogP contribution in [0, 0.1) is 46.3 Å². The average Bonchev–Trinajstić information content (AvgIpc) is 3.67. The number of ether oxygens (including phenoxy) is 1. The van der Waals surface area contributed by atoms with Gasteiger partial charge in [-0.05, 0) is 58.6 Å². The first-order chi connectivity index (χ1) is 20.4. The zero-order chi connectivity index (χ0) is 28.1. The second-order valence-corrected chi connectivity index (χ2v) is 12.9. The van der Waals surface area contributed by atoms with Crippen molar-refractivity contribution in [1.82, 2.24) is 30.5 Å². The molecule has 12 nitrogen and oxygen atoms in total. The summed E-state index contributed by atoms with van der Waals surface area (Å²) in [5.74, 6) is 4.58. The van der Waals surface area contributed by atoms with Gasteiger partial charge >= 0.3 is 0 Å².